The van der Waals surface area contributed by atoms with Gasteiger partial charge in [-0.1, -0.05) is 11.6 Å². The van der Waals surface area contributed by atoms with Crippen LogP contribution in [0.25, 0.3) is 5.52 Å². The maximum Gasteiger partial charge on any atom is 0.156 e. The van der Waals surface area contributed by atoms with Gasteiger partial charge in [-0.3, -0.25) is 0 Å². The summed E-state index contributed by atoms with van der Waals surface area (Å²) in [4.78, 5) is 14.5. The molecule has 0 aliphatic rings. The zero-order chi connectivity index (χ0) is 10.1. The fraction of sp³-hybridized carbons (Fsp3) is 0.111. The number of carbonyl (C=O) groups is 1. The van der Waals surface area contributed by atoms with Crippen LogP contribution < -0.4 is 0 Å². The largest absolute Gasteiger partial charge is 0.303 e. The van der Waals surface area contributed by atoms with Gasteiger partial charge in [-0.2, -0.15) is 0 Å². The molecule has 0 N–H and O–H groups in total. The summed E-state index contributed by atoms with van der Waals surface area (Å²) in [5, 5.41) is 0.411. The summed E-state index contributed by atoms with van der Waals surface area (Å²) in [6.45, 7) is 0. The molecule has 2 aromatic heterocycles. The van der Waals surface area contributed by atoms with Crippen molar-refractivity contribution in [3.63, 3.8) is 0 Å². The van der Waals surface area contributed by atoms with E-state index in [1.165, 1.54) is 0 Å². The second-order valence-electron chi connectivity index (χ2n) is 2.76. The number of hydrogen-bond donors (Lipinski definition) is 0. The van der Waals surface area contributed by atoms with Crippen LogP contribution in [-0.2, 0) is 11.2 Å². The fourth-order valence-electron chi connectivity index (χ4n) is 1.33. The van der Waals surface area contributed by atoms with E-state index < -0.39 is 0 Å². The maximum atomic E-state index is 10.4. The third-order valence-electron chi connectivity index (χ3n) is 1.91. The first-order valence-electron chi connectivity index (χ1n) is 3.98. The molecule has 0 saturated heterocycles. The molecule has 5 heteroatoms. The van der Waals surface area contributed by atoms with Crippen LogP contribution in [0.1, 0.15) is 5.82 Å². The van der Waals surface area contributed by atoms with Crippen molar-refractivity contribution in [1.29, 1.82) is 0 Å². The number of hydrogen-bond acceptors (Lipinski definition) is 2. The highest BCUT2D eigenvalue weighted by Gasteiger charge is 2.10. The fourth-order valence-corrected chi connectivity index (χ4v) is 2.27. The molecule has 0 saturated carbocycles. The number of pyridine rings is 1. The van der Waals surface area contributed by atoms with Crippen molar-refractivity contribution in [2.75, 3.05) is 0 Å². The lowest BCUT2D eigenvalue weighted by atomic mass is 10.4. The lowest BCUT2D eigenvalue weighted by molar-refractivity contribution is -0.107. The molecule has 0 spiro atoms. The van der Waals surface area contributed by atoms with Gasteiger partial charge in [-0.05, 0) is 28.1 Å². The van der Waals surface area contributed by atoms with Gasteiger partial charge in [0.2, 0.25) is 0 Å². The number of imidazole rings is 1. The van der Waals surface area contributed by atoms with E-state index in [0.29, 0.717) is 11.0 Å². The Bertz CT molecular complexity index is 495. The van der Waals surface area contributed by atoms with E-state index in [2.05, 4.69) is 20.9 Å². The number of nitrogens with zero attached hydrogens (tertiary/aromatic N) is 2. The third-order valence-corrected chi connectivity index (χ3v) is 2.81. The number of aromatic nitrogens is 2. The molecule has 14 heavy (non-hydrogen) atoms. The van der Waals surface area contributed by atoms with E-state index in [1.807, 2.05) is 18.3 Å². The van der Waals surface area contributed by atoms with Gasteiger partial charge in [-0.25, -0.2) is 4.98 Å². The Kier molecular flexibility index (Phi) is 2.56. The summed E-state index contributed by atoms with van der Waals surface area (Å²) in [5.74, 6) is 0.654. The third kappa shape index (κ3) is 1.44. The average molecular weight is 274 g/mol. The van der Waals surface area contributed by atoms with Crippen molar-refractivity contribution < 1.29 is 4.79 Å². The predicted molar refractivity (Wildman–Crippen MR) is 57.7 cm³/mol. The van der Waals surface area contributed by atoms with Gasteiger partial charge in [0, 0.05) is 10.7 Å². The molecule has 0 amide bonds. The zero-order valence-corrected chi connectivity index (χ0v) is 9.42. The number of fused-ring (bicyclic) bond motifs is 1. The SMILES string of the molecule is O=CCc1nc(Cl)c2c(Br)cccn12. The van der Waals surface area contributed by atoms with E-state index in [9.17, 15) is 4.79 Å². The van der Waals surface area contributed by atoms with Crippen LogP contribution in [0.5, 0.6) is 0 Å². The number of rotatable bonds is 2. The van der Waals surface area contributed by atoms with E-state index in [-0.39, 0.29) is 6.42 Å². The van der Waals surface area contributed by atoms with Crippen LogP contribution in [0, 0.1) is 0 Å². The van der Waals surface area contributed by atoms with E-state index >= 15 is 0 Å². The highest BCUT2D eigenvalue weighted by Crippen LogP contribution is 2.25. The van der Waals surface area contributed by atoms with Crippen molar-refractivity contribution in [2.45, 2.75) is 6.42 Å². The Balaban J connectivity index is 2.77. The van der Waals surface area contributed by atoms with Crippen LogP contribution in [0.15, 0.2) is 22.8 Å². The molecule has 0 radical (unpaired) electrons. The molecule has 0 unspecified atom stereocenters. The van der Waals surface area contributed by atoms with Crippen molar-refractivity contribution in [1.82, 2.24) is 9.38 Å². The molecule has 3 nitrogen and oxygen atoms in total. The molecule has 0 bridgehead atoms. The highest BCUT2D eigenvalue weighted by atomic mass is 79.9. The molecular formula is C9H6BrClN2O. The molecule has 72 valence electrons. The zero-order valence-electron chi connectivity index (χ0n) is 7.08. The normalized spacial score (nSPS) is 10.7. The first-order valence-corrected chi connectivity index (χ1v) is 5.15. The summed E-state index contributed by atoms with van der Waals surface area (Å²) in [7, 11) is 0. The first-order chi connectivity index (χ1) is 6.74. The number of aldehydes is 1. The molecule has 2 aromatic rings. The smallest absolute Gasteiger partial charge is 0.156 e. The average Bonchev–Trinajstić information content (AvgIpc) is 2.46. The summed E-state index contributed by atoms with van der Waals surface area (Å²) < 4.78 is 2.68. The summed E-state index contributed by atoms with van der Waals surface area (Å²) >= 11 is 9.32. The van der Waals surface area contributed by atoms with Crippen molar-refractivity contribution in [3.8, 4) is 0 Å². The molecule has 0 atom stereocenters. The van der Waals surface area contributed by atoms with Crippen molar-refractivity contribution in [3.05, 3.63) is 33.8 Å². The quantitative estimate of drug-likeness (QED) is 0.788. The minimum atomic E-state index is 0.268. The Morgan fingerprint density at radius 1 is 1.64 bits per heavy atom. The van der Waals surface area contributed by atoms with Crippen LogP contribution in [0.2, 0.25) is 5.15 Å². The first kappa shape index (κ1) is 9.68. The number of carbonyl (C=O) groups excluding carboxylic acids is 1. The summed E-state index contributed by atoms with van der Waals surface area (Å²) in [5.41, 5.74) is 0.797. The molecule has 2 heterocycles. The lowest BCUT2D eigenvalue weighted by Crippen LogP contribution is -1.94. The van der Waals surface area contributed by atoms with Crippen LogP contribution >= 0.6 is 27.5 Å². The molecule has 0 aromatic carbocycles. The molecular weight excluding hydrogens is 267 g/mol. The highest BCUT2D eigenvalue weighted by molar-refractivity contribution is 9.10. The molecule has 0 aliphatic heterocycles. The van der Waals surface area contributed by atoms with Gasteiger partial charge < -0.3 is 9.20 Å². The van der Waals surface area contributed by atoms with Gasteiger partial charge >= 0.3 is 0 Å². The monoisotopic (exact) mass is 272 g/mol. The van der Waals surface area contributed by atoms with Gasteiger partial charge in [0.05, 0.1) is 11.9 Å². The van der Waals surface area contributed by atoms with Gasteiger partial charge in [-0.15, -0.1) is 0 Å². The topological polar surface area (TPSA) is 34.4 Å². The summed E-state index contributed by atoms with van der Waals surface area (Å²) in [6.07, 6.45) is 2.91. The van der Waals surface area contributed by atoms with Crippen LogP contribution in [-0.4, -0.2) is 15.7 Å². The van der Waals surface area contributed by atoms with Crippen LogP contribution in [0.4, 0.5) is 0 Å². The molecule has 0 fully saturated rings. The summed E-state index contributed by atoms with van der Waals surface area (Å²) in [6, 6.07) is 3.75. The predicted octanol–water partition coefficient (Wildman–Crippen LogP) is 2.49. The molecule has 2 rings (SSSR count). The molecule has 0 aliphatic carbocycles. The lowest BCUT2D eigenvalue weighted by Gasteiger charge is -1.98. The van der Waals surface area contributed by atoms with Gasteiger partial charge in [0.1, 0.15) is 12.1 Å². The van der Waals surface area contributed by atoms with Crippen LogP contribution in [0.3, 0.4) is 0 Å². The Hall–Kier alpha value is -0.870. The van der Waals surface area contributed by atoms with E-state index in [0.717, 1.165) is 16.3 Å². The minimum Gasteiger partial charge on any atom is -0.303 e. The number of halogens is 2. The maximum absolute atomic E-state index is 10.4. The minimum absolute atomic E-state index is 0.268. The van der Waals surface area contributed by atoms with E-state index in [1.54, 1.807) is 4.40 Å². The van der Waals surface area contributed by atoms with Crippen molar-refractivity contribution in [2.24, 2.45) is 0 Å². The van der Waals surface area contributed by atoms with Gasteiger partial charge in [0.25, 0.3) is 0 Å². The Labute approximate surface area is 93.8 Å². The van der Waals surface area contributed by atoms with Gasteiger partial charge in [0.15, 0.2) is 5.15 Å². The Morgan fingerprint density at radius 3 is 3.14 bits per heavy atom. The second-order valence-corrected chi connectivity index (χ2v) is 3.98. The van der Waals surface area contributed by atoms with Crippen molar-refractivity contribution >= 4 is 39.3 Å². The Morgan fingerprint density at radius 2 is 2.43 bits per heavy atom. The second kappa shape index (κ2) is 3.71. The van der Waals surface area contributed by atoms with E-state index in [4.69, 9.17) is 11.6 Å². The standard InChI is InChI=1S/C9H6BrClN2O/c10-6-2-1-4-13-7(3-5-14)12-9(11)8(6)13/h1-2,4-5H,3H2.